The van der Waals surface area contributed by atoms with Crippen LogP contribution in [-0.4, -0.2) is 0 Å². The molecule has 0 radical (unpaired) electrons. The molecule has 0 spiro atoms. The van der Waals surface area contributed by atoms with Crippen LogP contribution in [-0.2, 0) is 6.42 Å². The molecule has 0 amide bonds. The SMILES string of the molecule is C#CCCCCCCc1cc(C)ccc1C. The third kappa shape index (κ3) is 4.53. The monoisotopic (exact) mass is 214 g/mol. The van der Waals surface area contributed by atoms with Gasteiger partial charge in [-0.1, -0.05) is 36.6 Å². The van der Waals surface area contributed by atoms with Crippen molar-refractivity contribution in [2.24, 2.45) is 0 Å². The summed E-state index contributed by atoms with van der Waals surface area (Å²) in [5.41, 5.74) is 4.30. The van der Waals surface area contributed by atoms with E-state index < -0.39 is 0 Å². The van der Waals surface area contributed by atoms with E-state index >= 15 is 0 Å². The molecule has 0 heteroatoms. The van der Waals surface area contributed by atoms with Crippen molar-refractivity contribution in [2.75, 3.05) is 0 Å². The zero-order chi connectivity index (χ0) is 11.8. The second kappa shape index (κ2) is 7.12. The topological polar surface area (TPSA) is 0 Å². The fraction of sp³-hybridized carbons (Fsp3) is 0.500. The van der Waals surface area contributed by atoms with Gasteiger partial charge < -0.3 is 0 Å². The number of aryl methyl sites for hydroxylation is 3. The number of hydrogen-bond acceptors (Lipinski definition) is 0. The van der Waals surface area contributed by atoms with Crippen LogP contribution in [0.2, 0.25) is 0 Å². The minimum Gasteiger partial charge on any atom is -0.120 e. The molecule has 0 nitrogen and oxygen atoms in total. The minimum absolute atomic E-state index is 0.934. The van der Waals surface area contributed by atoms with Crippen molar-refractivity contribution in [2.45, 2.75) is 52.4 Å². The molecule has 0 saturated heterocycles. The van der Waals surface area contributed by atoms with E-state index in [9.17, 15) is 0 Å². The first-order valence-electron chi connectivity index (χ1n) is 6.23. The van der Waals surface area contributed by atoms with Gasteiger partial charge >= 0.3 is 0 Å². The van der Waals surface area contributed by atoms with Crippen molar-refractivity contribution >= 4 is 0 Å². The highest BCUT2D eigenvalue weighted by Crippen LogP contribution is 2.14. The Bertz CT molecular complexity index is 355. The molecule has 16 heavy (non-hydrogen) atoms. The predicted molar refractivity (Wildman–Crippen MR) is 71.5 cm³/mol. The van der Waals surface area contributed by atoms with Gasteiger partial charge in [0.1, 0.15) is 0 Å². The Labute approximate surface area is 100 Å². The molecule has 0 aliphatic carbocycles. The molecule has 0 atom stereocenters. The molecule has 0 unspecified atom stereocenters. The molecule has 86 valence electrons. The lowest BCUT2D eigenvalue weighted by molar-refractivity contribution is 0.649. The number of hydrogen-bond donors (Lipinski definition) is 0. The van der Waals surface area contributed by atoms with E-state index in [2.05, 4.69) is 38.0 Å². The zero-order valence-electron chi connectivity index (χ0n) is 10.6. The summed E-state index contributed by atoms with van der Waals surface area (Å²) in [4.78, 5) is 0. The van der Waals surface area contributed by atoms with Crippen LogP contribution in [0.4, 0.5) is 0 Å². The largest absolute Gasteiger partial charge is 0.120 e. The van der Waals surface area contributed by atoms with Crippen molar-refractivity contribution in [1.82, 2.24) is 0 Å². The van der Waals surface area contributed by atoms with Gasteiger partial charge in [0.2, 0.25) is 0 Å². The van der Waals surface area contributed by atoms with E-state index in [4.69, 9.17) is 6.42 Å². The van der Waals surface area contributed by atoms with Crippen molar-refractivity contribution in [3.8, 4) is 12.3 Å². The summed E-state index contributed by atoms with van der Waals surface area (Å²) in [6, 6.07) is 6.73. The Hall–Kier alpha value is -1.22. The lowest BCUT2D eigenvalue weighted by Gasteiger charge is -2.06. The molecule has 0 aromatic heterocycles. The molecule has 1 aromatic rings. The first kappa shape index (κ1) is 12.8. The Kier molecular flexibility index (Phi) is 5.72. The highest BCUT2D eigenvalue weighted by molar-refractivity contribution is 5.30. The summed E-state index contributed by atoms with van der Waals surface area (Å²) in [5, 5.41) is 0. The maximum atomic E-state index is 5.22. The van der Waals surface area contributed by atoms with Gasteiger partial charge in [-0.3, -0.25) is 0 Å². The molecule has 1 aromatic carbocycles. The second-order valence-electron chi connectivity index (χ2n) is 4.55. The third-order valence-electron chi connectivity index (χ3n) is 3.02. The van der Waals surface area contributed by atoms with Crippen molar-refractivity contribution in [3.63, 3.8) is 0 Å². The summed E-state index contributed by atoms with van der Waals surface area (Å²) in [7, 11) is 0. The molecule has 0 aliphatic rings. The highest BCUT2D eigenvalue weighted by Gasteiger charge is 1.98. The summed E-state index contributed by atoms with van der Waals surface area (Å²) in [6.07, 6.45) is 12.4. The normalized spacial score (nSPS) is 10.1. The maximum Gasteiger partial charge on any atom is 0.00860 e. The van der Waals surface area contributed by atoms with Crippen LogP contribution in [0.15, 0.2) is 18.2 Å². The van der Waals surface area contributed by atoms with E-state index in [-0.39, 0.29) is 0 Å². The van der Waals surface area contributed by atoms with Crippen LogP contribution >= 0.6 is 0 Å². The first-order valence-corrected chi connectivity index (χ1v) is 6.23. The molecule has 0 heterocycles. The molecule has 1 rings (SSSR count). The number of rotatable bonds is 6. The lowest BCUT2D eigenvalue weighted by Crippen LogP contribution is -1.91. The molecule has 0 fully saturated rings. The van der Waals surface area contributed by atoms with Crippen LogP contribution in [0, 0.1) is 26.2 Å². The summed E-state index contributed by atoms with van der Waals surface area (Å²) >= 11 is 0. The lowest BCUT2D eigenvalue weighted by atomic mass is 9.99. The van der Waals surface area contributed by atoms with Crippen LogP contribution in [0.25, 0.3) is 0 Å². The highest BCUT2D eigenvalue weighted by atomic mass is 14.0. The molecule has 0 N–H and O–H groups in total. The van der Waals surface area contributed by atoms with Crippen molar-refractivity contribution in [1.29, 1.82) is 0 Å². The standard InChI is InChI=1S/C16H22/c1-4-5-6-7-8-9-10-16-13-14(2)11-12-15(16)3/h1,11-13H,5-10H2,2-3H3. The van der Waals surface area contributed by atoms with Gasteiger partial charge in [0, 0.05) is 6.42 Å². The van der Waals surface area contributed by atoms with Gasteiger partial charge in [0.25, 0.3) is 0 Å². The molecule has 0 aliphatic heterocycles. The van der Waals surface area contributed by atoms with Crippen molar-refractivity contribution < 1.29 is 0 Å². The average Bonchev–Trinajstić information content (AvgIpc) is 2.28. The van der Waals surface area contributed by atoms with E-state index in [0.717, 1.165) is 6.42 Å². The fourth-order valence-electron chi connectivity index (χ4n) is 1.97. The minimum atomic E-state index is 0.934. The number of unbranched alkanes of at least 4 members (excludes halogenated alkanes) is 4. The Balaban J connectivity index is 2.27. The smallest absolute Gasteiger partial charge is 0.00860 e. The quantitative estimate of drug-likeness (QED) is 0.485. The van der Waals surface area contributed by atoms with Gasteiger partial charge in [0.05, 0.1) is 0 Å². The van der Waals surface area contributed by atoms with Crippen LogP contribution < -0.4 is 0 Å². The summed E-state index contributed by atoms with van der Waals surface area (Å²) in [6.45, 7) is 4.36. The van der Waals surface area contributed by atoms with Gasteiger partial charge in [-0.25, -0.2) is 0 Å². The van der Waals surface area contributed by atoms with Crippen LogP contribution in [0.3, 0.4) is 0 Å². The van der Waals surface area contributed by atoms with E-state index in [1.54, 1.807) is 0 Å². The summed E-state index contributed by atoms with van der Waals surface area (Å²) < 4.78 is 0. The molecular weight excluding hydrogens is 192 g/mol. The molecule has 0 bridgehead atoms. The predicted octanol–water partition coefficient (Wildman–Crippen LogP) is 4.43. The Morgan fingerprint density at radius 1 is 1.06 bits per heavy atom. The molecular formula is C16H22. The van der Waals surface area contributed by atoms with E-state index in [1.807, 2.05) is 0 Å². The first-order chi connectivity index (χ1) is 7.74. The van der Waals surface area contributed by atoms with Gasteiger partial charge in [-0.2, -0.15) is 0 Å². The fourth-order valence-corrected chi connectivity index (χ4v) is 1.97. The van der Waals surface area contributed by atoms with Gasteiger partial charge in [0.15, 0.2) is 0 Å². The van der Waals surface area contributed by atoms with E-state index in [0.29, 0.717) is 0 Å². The van der Waals surface area contributed by atoms with Crippen LogP contribution in [0.1, 0.15) is 48.8 Å². The Morgan fingerprint density at radius 2 is 1.81 bits per heavy atom. The number of benzene rings is 1. The zero-order valence-corrected chi connectivity index (χ0v) is 10.6. The number of terminal acetylenes is 1. The van der Waals surface area contributed by atoms with Gasteiger partial charge in [-0.15, -0.1) is 12.3 Å². The van der Waals surface area contributed by atoms with Crippen molar-refractivity contribution in [3.05, 3.63) is 34.9 Å². The summed E-state index contributed by atoms with van der Waals surface area (Å²) in [5.74, 6) is 2.69. The maximum absolute atomic E-state index is 5.22. The third-order valence-corrected chi connectivity index (χ3v) is 3.02. The van der Waals surface area contributed by atoms with Crippen LogP contribution in [0.5, 0.6) is 0 Å². The second-order valence-corrected chi connectivity index (χ2v) is 4.55. The van der Waals surface area contributed by atoms with E-state index in [1.165, 1.54) is 48.8 Å². The van der Waals surface area contributed by atoms with Gasteiger partial charge in [-0.05, 0) is 44.2 Å². The Morgan fingerprint density at radius 3 is 2.56 bits per heavy atom. The average molecular weight is 214 g/mol. The molecule has 0 saturated carbocycles.